The lowest BCUT2D eigenvalue weighted by Crippen LogP contribution is -2.40. The van der Waals surface area contributed by atoms with Crippen molar-refractivity contribution >= 4 is 27.5 Å². The molecule has 0 aliphatic heterocycles. The summed E-state index contributed by atoms with van der Waals surface area (Å²) in [5, 5.41) is 2.71. The summed E-state index contributed by atoms with van der Waals surface area (Å²) >= 11 is 0. The van der Waals surface area contributed by atoms with Gasteiger partial charge < -0.3 is 15.0 Å². The minimum atomic E-state index is -3.69. The number of hydrogen-bond acceptors (Lipinski definition) is 5. The molecule has 0 atom stereocenters. The van der Waals surface area contributed by atoms with Gasteiger partial charge >= 0.3 is 0 Å². The van der Waals surface area contributed by atoms with Crippen molar-refractivity contribution in [3.8, 4) is 5.75 Å². The highest BCUT2D eigenvalue weighted by atomic mass is 32.2. The monoisotopic (exact) mass is 419 g/mol. The molecule has 2 aromatic carbocycles. The Labute approximate surface area is 171 Å². The topological polar surface area (TPSA) is 96.0 Å². The molecule has 8 nitrogen and oxygen atoms in total. The van der Waals surface area contributed by atoms with Gasteiger partial charge in [0, 0.05) is 26.2 Å². The van der Waals surface area contributed by atoms with Crippen molar-refractivity contribution in [3.05, 3.63) is 59.7 Å². The summed E-state index contributed by atoms with van der Waals surface area (Å²) in [4.78, 5) is 25.7. The summed E-state index contributed by atoms with van der Waals surface area (Å²) in [7, 11) is 1.14. The highest BCUT2D eigenvalue weighted by molar-refractivity contribution is 7.92. The van der Waals surface area contributed by atoms with Crippen LogP contribution >= 0.6 is 0 Å². The number of carbonyl (C=O) groups excluding carboxylic acids is 2. The fourth-order valence-corrected chi connectivity index (χ4v) is 3.42. The average molecular weight is 420 g/mol. The Bertz CT molecular complexity index is 955. The Balaban J connectivity index is 2.08. The van der Waals surface area contributed by atoms with Crippen LogP contribution < -0.4 is 14.4 Å². The molecule has 1 N–H and O–H groups in total. The van der Waals surface area contributed by atoms with Crippen LogP contribution in [0.3, 0.4) is 0 Å². The van der Waals surface area contributed by atoms with E-state index in [9.17, 15) is 18.0 Å². The molecule has 0 fully saturated rings. The lowest BCUT2D eigenvalue weighted by atomic mass is 10.2. The number of nitrogens with one attached hydrogen (secondary N) is 1. The van der Waals surface area contributed by atoms with Crippen LogP contribution in [0.5, 0.6) is 5.75 Å². The Morgan fingerprint density at radius 1 is 1.00 bits per heavy atom. The molecule has 9 heteroatoms. The summed E-state index contributed by atoms with van der Waals surface area (Å²) in [5.74, 6) is 0.0684. The van der Waals surface area contributed by atoms with E-state index in [1.54, 1.807) is 33.3 Å². The second-order valence-corrected chi connectivity index (χ2v) is 8.55. The zero-order chi connectivity index (χ0) is 21.6. The molecule has 0 aromatic heterocycles. The highest BCUT2D eigenvalue weighted by Crippen LogP contribution is 2.19. The fraction of sp³-hybridized carbons (Fsp3) is 0.300. The maximum absolute atomic E-state index is 12.3. The van der Waals surface area contributed by atoms with Crippen molar-refractivity contribution in [1.29, 1.82) is 0 Å². The number of hydrogen-bond donors (Lipinski definition) is 1. The molecule has 0 heterocycles. The highest BCUT2D eigenvalue weighted by Gasteiger charge is 2.21. The van der Waals surface area contributed by atoms with E-state index in [4.69, 9.17) is 4.74 Å². The van der Waals surface area contributed by atoms with E-state index in [2.05, 4.69) is 5.32 Å². The Morgan fingerprint density at radius 3 is 2.07 bits per heavy atom. The average Bonchev–Trinajstić information content (AvgIpc) is 2.69. The van der Waals surface area contributed by atoms with E-state index in [1.807, 2.05) is 12.1 Å². The van der Waals surface area contributed by atoms with Crippen LogP contribution in [0.4, 0.5) is 5.69 Å². The van der Waals surface area contributed by atoms with Gasteiger partial charge in [-0.3, -0.25) is 13.9 Å². The maximum atomic E-state index is 12.3. The normalized spacial score (nSPS) is 10.9. The molecule has 29 heavy (non-hydrogen) atoms. The first-order valence-corrected chi connectivity index (χ1v) is 10.7. The second kappa shape index (κ2) is 9.42. The predicted molar refractivity (Wildman–Crippen MR) is 111 cm³/mol. The van der Waals surface area contributed by atoms with Gasteiger partial charge in [0.1, 0.15) is 12.3 Å². The van der Waals surface area contributed by atoms with Gasteiger partial charge in [0.05, 0.1) is 19.1 Å². The minimum Gasteiger partial charge on any atom is -0.497 e. The minimum absolute atomic E-state index is 0.195. The standard InChI is InChI=1S/C20H25N3O5S/c1-22(2)20(25)16-7-9-17(10-8-16)23(29(4,26)27)14-19(24)21-13-15-5-11-18(28-3)12-6-15/h5-12H,13-14H2,1-4H3,(H,21,24). The summed E-state index contributed by atoms with van der Waals surface area (Å²) in [6.07, 6.45) is 1.03. The van der Waals surface area contributed by atoms with Crippen LogP contribution in [0.15, 0.2) is 48.5 Å². The second-order valence-electron chi connectivity index (χ2n) is 6.64. The largest absolute Gasteiger partial charge is 0.497 e. The molecular weight excluding hydrogens is 394 g/mol. The number of ether oxygens (including phenoxy) is 1. The van der Waals surface area contributed by atoms with Gasteiger partial charge in [-0.25, -0.2) is 8.42 Å². The molecular formula is C20H25N3O5S. The van der Waals surface area contributed by atoms with Crippen LogP contribution in [0, 0.1) is 0 Å². The molecule has 0 saturated heterocycles. The zero-order valence-electron chi connectivity index (χ0n) is 16.9. The van der Waals surface area contributed by atoms with Crippen molar-refractivity contribution in [3.63, 3.8) is 0 Å². The first kappa shape index (κ1) is 22.2. The van der Waals surface area contributed by atoms with Gasteiger partial charge in [-0.1, -0.05) is 12.1 Å². The summed E-state index contributed by atoms with van der Waals surface area (Å²) in [6.45, 7) is -0.104. The molecule has 0 bridgehead atoms. The maximum Gasteiger partial charge on any atom is 0.253 e. The molecule has 0 aliphatic carbocycles. The van der Waals surface area contributed by atoms with Crippen molar-refractivity contribution in [2.24, 2.45) is 0 Å². The molecule has 0 aliphatic rings. The number of nitrogens with zero attached hydrogens (tertiary/aromatic N) is 2. The lowest BCUT2D eigenvalue weighted by molar-refractivity contribution is -0.119. The molecule has 0 radical (unpaired) electrons. The number of methoxy groups -OCH3 is 1. The first-order chi connectivity index (χ1) is 13.6. The summed E-state index contributed by atoms with van der Waals surface area (Å²) < 4.78 is 30.5. The Hall–Kier alpha value is -3.07. The number of anilines is 1. The van der Waals surface area contributed by atoms with Crippen LogP contribution in [0.1, 0.15) is 15.9 Å². The van der Waals surface area contributed by atoms with Crippen molar-refractivity contribution in [2.45, 2.75) is 6.54 Å². The van der Waals surface area contributed by atoms with Crippen LogP contribution in [0.2, 0.25) is 0 Å². The van der Waals surface area contributed by atoms with Crippen molar-refractivity contribution < 1.29 is 22.7 Å². The van der Waals surface area contributed by atoms with E-state index in [1.165, 1.54) is 29.2 Å². The van der Waals surface area contributed by atoms with Crippen molar-refractivity contribution in [1.82, 2.24) is 10.2 Å². The summed E-state index contributed by atoms with van der Waals surface area (Å²) in [5.41, 5.74) is 1.59. The summed E-state index contributed by atoms with van der Waals surface area (Å²) in [6, 6.07) is 13.3. The first-order valence-electron chi connectivity index (χ1n) is 8.81. The van der Waals surface area contributed by atoms with Gasteiger partial charge in [0.15, 0.2) is 0 Å². The number of benzene rings is 2. The van der Waals surface area contributed by atoms with E-state index in [0.717, 1.165) is 16.1 Å². The van der Waals surface area contributed by atoms with E-state index in [0.29, 0.717) is 17.0 Å². The van der Waals surface area contributed by atoms with Gasteiger partial charge in [-0.2, -0.15) is 0 Å². The number of carbonyl (C=O) groups is 2. The SMILES string of the molecule is COc1ccc(CNC(=O)CN(c2ccc(C(=O)N(C)C)cc2)S(C)(=O)=O)cc1. The quantitative estimate of drug-likeness (QED) is 0.699. The molecule has 2 rings (SSSR count). The third-order valence-electron chi connectivity index (χ3n) is 4.14. The van der Waals surface area contributed by atoms with Gasteiger partial charge in [-0.05, 0) is 42.0 Å². The number of rotatable bonds is 8. The van der Waals surface area contributed by atoms with E-state index >= 15 is 0 Å². The molecule has 0 unspecified atom stereocenters. The molecule has 2 aromatic rings. The van der Waals surface area contributed by atoms with Gasteiger partial charge in [0.2, 0.25) is 15.9 Å². The van der Waals surface area contributed by atoms with Crippen LogP contribution in [0.25, 0.3) is 0 Å². The molecule has 156 valence electrons. The molecule has 2 amide bonds. The number of sulfonamides is 1. The molecule has 0 spiro atoms. The third kappa shape index (κ3) is 6.21. The Kier molecular flexibility index (Phi) is 7.22. The Morgan fingerprint density at radius 2 is 1.59 bits per heavy atom. The molecule has 0 saturated carbocycles. The van der Waals surface area contributed by atoms with E-state index < -0.39 is 15.9 Å². The van der Waals surface area contributed by atoms with Gasteiger partial charge in [0.25, 0.3) is 5.91 Å². The smallest absolute Gasteiger partial charge is 0.253 e. The van der Waals surface area contributed by atoms with Crippen LogP contribution in [-0.4, -0.2) is 59.1 Å². The van der Waals surface area contributed by atoms with Crippen molar-refractivity contribution in [2.75, 3.05) is 38.3 Å². The van der Waals surface area contributed by atoms with Crippen LogP contribution in [-0.2, 0) is 21.4 Å². The number of amides is 2. The lowest BCUT2D eigenvalue weighted by Gasteiger charge is -2.22. The zero-order valence-corrected chi connectivity index (χ0v) is 17.7. The third-order valence-corrected chi connectivity index (χ3v) is 5.29. The van der Waals surface area contributed by atoms with E-state index in [-0.39, 0.29) is 19.0 Å². The fourth-order valence-electron chi connectivity index (χ4n) is 2.56. The predicted octanol–water partition coefficient (Wildman–Crippen LogP) is 1.48. The van der Waals surface area contributed by atoms with Gasteiger partial charge in [-0.15, -0.1) is 0 Å².